The second kappa shape index (κ2) is 5.63. The smallest absolute Gasteiger partial charge is 0.127 e. The lowest BCUT2D eigenvalue weighted by molar-refractivity contribution is 0.680. The molecule has 2 nitrogen and oxygen atoms in total. The summed E-state index contributed by atoms with van der Waals surface area (Å²) in [7, 11) is -1.23. The van der Waals surface area contributed by atoms with E-state index in [1.807, 2.05) is 0 Å². The van der Waals surface area contributed by atoms with Crippen LogP contribution in [0.15, 0.2) is 47.6 Å². The standard InChI is InChI=1S/C12H9Cl2NOS/c13-10-4-3-5-11(14)9(10)8-17(16)12-6-1-2-7-15-12/h1-7H,8H2. The Balaban J connectivity index is 2.25. The topological polar surface area (TPSA) is 30.0 Å². The number of rotatable bonds is 3. The van der Waals surface area contributed by atoms with Crippen molar-refractivity contribution in [3.8, 4) is 0 Å². The third kappa shape index (κ3) is 3.06. The highest BCUT2D eigenvalue weighted by atomic mass is 35.5. The van der Waals surface area contributed by atoms with Crippen molar-refractivity contribution in [2.24, 2.45) is 0 Å². The number of halogens is 2. The minimum absolute atomic E-state index is 0.273. The average molecular weight is 286 g/mol. The van der Waals surface area contributed by atoms with Gasteiger partial charge in [-0.1, -0.05) is 35.3 Å². The second-order valence-electron chi connectivity index (χ2n) is 3.36. The molecule has 0 saturated heterocycles. The summed E-state index contributed by atoms with van der Waals surface area (Å²) in [5, 5.41) is 1.59. The summed E-state index contributed by atoms with van der Waals surface area (Å²) in [6.45, 7) is 0. The van der Waals surface area contributed by atoms with Gasteiger partial charge in [0, 0.05) is 21.8 Å². The van der Waals surface area contributed by atoms with E-state index < -0.39 is 10.8 Å². The van der Waals surface area contributed by atoms with Gasteiger partial charge in [0.1, 0.15) is 5.03 Å². The zero-order valence-corrected chi connectivity index (χ0v) is 11.1. The lowest BCUT2D eigenvalue weighted by Gasteiger charge is -2.06. The number of benzene rings is 1. The highest BCUT2D eigenvalue weighted by Crippen LogP contribution is 2.26. The maximum atomic E-state index is 12.0. The lowest BCUT2D eigenvalue weighted by atomic mass is 10.2. The highest BCUT2D eigenvalue weighted by Gasteiger charge is 2.11. The molecule has 88 valence electrons. The molecule has 2 aromatic rings. The summed E-state index contributed by atoms with van der Waals surface area (Å²) in [5.41, 5.74) is 0.694. The molecule has 0 aliphatic carbocycles. The summed E-state index contributed by atoms with van der Waals surface area (Å²) in [6.07, 6.45) is 1.61. The van der Waals surface area contributed by atoms with Gasteiger partial charge in [-0.25, -0.2) is 4.98 Å². The van der Waals surface area contributed by atoms with Gasteiger partial charge in [0.05, 0.1) is 16.6 Å². The maximum Gasteiger partial charge on any atom is 0.127 e. The molecule has 1 aromatic carbocycles. The third-order valence-corrected chi connectivity index (χ3v) is 4.18. The molecule has 0 fully saturated rings. The monoisotopic (exact) mass is 285 g/mol. The zero-order valence-electron chi connectivity index (χ0n) is 8.77. The number of hydrogen-bond donors (Lipinski definition) is 0. The van der Waals surface area contributed by atoms with Crippen LogP contribution >= 0.6 is 23.2 Å². The predicted octanol–water partition coefficient (Wildman–Crippen LogP) is 3.70. The minimum atomic E-state index is -1.23. The molecule has 1 aromatic heterocycles. The summed E-state index contributed by atoms with van der Waals surface area (Å²) >= 11 is 12.0. The van der Waals surface area contributed by atoms with Crippen molar-refractivity contribution in [1.29, 1.82) is 0 Å². The molecular formula is C12H9Cl2NOS. The Hall–Kier alpha value is -0.900. The fourth-order valence-corrected chi connectivity index (χ4v) is 3.18. The average Bonchev–Trinajstić information content (AvgIpc) is 2.35. The Morgan fingerprint density at radius 3 is 2.35 bits per heavy atom. The van der Waals surface area contributed by atoms with Crippen LogP contribution in [0.5, 0.6) is 0 Å². The van der Waals surface area contributed by atoms with E-state index in [0.29, 0.717) is 20.6 Å². The molecule has 1 heterocycles. The Morgan fingerprint density at radius 1 is 1.06 bits per heavy atom. The maximum absolute atomic E-state index is 12.0. The van der Waals surface area contributed by atoms with Crippen LogP contribution in [0.2, 0.25) is 10.0 Å². The molecule has 0 N–H and O–H groups in total. The van der Waals surface area contributed by atoms with Crippen LogP contribution in [-0.4, -0.2) is 9.19 Å². The van der Waals surface area contributed by atoms with Crippen LogP contribution in [0.4, 0.5) is 0 Å². The fraction of sp³-hybridized carbons (Fsp3) is 0.0833. The first-order valence-corrected chi connectivity index (χ1v) is 6.98. The first-order chi connectivity index (χ1) is 8.18. The van der Waals surface area contributed by atoms with Gasteiger partial charge >= 0.3 is 0 Å². The first kappa shape index (κ1) is 12.6. The summed E-state index contributed by atoms with van der Waals surface area (Å²) in [5.74, 6) is 0.273. The summed E-state index contributed by atoms with van der Waals surface area (Å²) < 4.78 is 12.0. The van der Waals surface area contributed by atoms with Gasteiger partial charge in [0.2, 0.25) is 0 Å². The SMILES string of the molecule is O=S(Cc1c(Cl)cccc1Cl)c1ccccn1. The van der Waals surface area contributed by atoms with E-state index in [9.17, 15) is 4.21 Å². The molecule has 0 bridgehead atoms. The van der Waals surface area contributed by atoms with Gasteiger partial charge in [-0.3, -0.25) is 4.21 Å². The molecule has 0 saturated carbocycles. The molecule has 0 spiro atoms. The van der Waals surface area contributed by atoms with Crippen molar-refractivity contribution < 1.29 is 4.21 Å². The number of hydrogen-bond acceptors (Lipinski definition) is 2. The Bertz CT molecular complexity index is 525. The first-order valence-electron chi connectivity index (χ1n) is 4.91. The second-order valence-corrected chi connectivity index (χ2v) is 5.57. The van der Waals surface area contributed by atoms with E-state index in [4.69, 9.17) is 23.2 Å². The van der Waals surface area contributed by atoms with Gasteiger partial charge in [-0.05, 0) is 24.3 Å². The van der Waals surface area contributed by atoms with Gasteiger partial charge in [0.25, 0.3) is 0 Å². The van der Waals surface area contributed by atoms with E-state index in [1.165, 1.54) is 0 Å². The normalized spacial score (nSPS) is 12.4. The Labute approximate surface area is 112 Å². The molecule has 0 aliphatic rings. The molecule has 0 radical (unpaired) electrons. The molecule has 2 rings (SSSR count). The van der Waals surface area contributed by atoms with Crippen LogP contribution in [0.3, 0.4) is 0 Å². The van der Waals surface area contributed by atoms with Crippen molar-refractivity contribution in [1.82, 2.24) is 4.98 Å². The van der Waals surface area contributed by atoms with Gasteiger partial charge in [0.15, 0.2) is 0 Å². The van der Waals surface area contributed by atoms with Crippen molar-refractivity contribution in [2.75, 3.05) is 0 Å². The van der Waals surface area contributed by atoms with E-state index in [-0.39, 0.29) is 5.75 Å². The van der Waals surface area contributed by atoms with Crippen molar-refractivity contribution in [2.45, 2.75) is 10.8 Å². The largest absolute Gasteiger partial charge is 0.252 e. The minimum Gasteiger partial charge on any atom is -0.252 e. The summed E-state index contributed by atoms with van der Waals surface area (Å²) in [4.78, 5) is 4.05. The van der Waals surface area contributed by atoms with E-state index in [0.717, 1.165) is 0 Å². The van der Waals surface area contributed by atoms with Crippen molar-refractivity contribution >= 4 is 34.0 Å². The van der Waals surface area contributed by atoms with Gasteiger partial charge < -0.3 is 0 Å². The molecule has 0 amide bonds. The van der Waals surface area contributed by atoms with Crippen molar-refractivity contribution in [3.63, 3.8) is 0 Å². The van der Waals surface area contributed by atoms with E-state index in [2.05, 4.69) is 4.98 Å². The Kier molecular flexibility index (Phi) is 4.15. The van der Waals surface area contributed by atoms with Gasteiger partial charge in [-0.2, -0.15) is 0 Å². The van der Waals surface area contributed by atoms with E-state index >= 15 is 0 Å². The van der Waals surface area contributed by atoms with Crippen molar-refractivity contribution in [3.05, 3.63) is 58.2 Å². The lowest BCUT2D eigenvalue weighted by Crippen LogP contribution is -1.99. The van der Waals surface area contributed by atoms with Gasteiger partial charge in [-0.15, -0.1) is 0 Å². The number of aromatic nitrogens is 1. The number of pyridine rings is 1. The van der Waals surface area contributed by atoms with Crippen LogP contribution in [0, 0.1) is 0 Å². The van der Waals surface area contributed by atoms with Crippen LogP contribution < -0.4 is 0 Å². The summed E-state index contributed by atoms with van der Waals surface area (Å²) in [6, 6.07) is 10.5. The van der Waals surface area contributed by atoms with Crippen LogP contribution in [-0.2, 0) is 16.6 Å². The zero-order chi connectivity index (χ0) is 12.3. The highest BCUT2D eigenvalue weighted by molar-refractivity contribution is 7.84. The number of nitrogens with zero attached hydrogens (tertiary/aromatic N) is 1. The molecule has 0 aliphatic heterocycles. The predicted molar refractivity (Wildman–Crippen MR) is 70.8 cm³/mol. The third-order valence-electron chi connectivity index (χ3n) is 2.21. The molecule has 5 heteroatoms. The molecule has 17 heavy (non-hydrogen) atoms. The van der Waals surface area contributed by atoms with Crippen LogP contribution in [0.1, 0.15) is 5.56 Å². The van der Waals surface area contributed by atoms with E-state index in [1.54, 1.807) is 42.6 Å². The molecule has 1 atom stereocenters. The quantitative estimate of drug-likeness (QED) is 0.861. The molecular weight excluding hydrogens is 277 g/mol. The Morgan fingerprint density at radius 2 is 1.76 bits per heavy atom. The fourth-order valence-electron chi connectivity index (χ4n) is 1.36. The van der Waals surface area contributed by atoms with Crippen LogP contribution in [0.25, 0.3) is 0 Å². The molecule has 1 unspecified atom stereocenters.